The first-order valence-corrected chi connectivity index (χ1v) is 9.47. The Kier molecular flexibility index (Phi) is 6.65. The molecule has 0 saturated carbocycles. The largest absolute Gasteiger partial charge is 0.459 e. The fraction of sp³-hybridized carbons (Fsp3) is 0.429. The molecular formula is C21H27N3O3. The van der Waals surface area contributed by atoms with Gasteiger partial charge >= 0.3 is 0 Å². The van der Waals surface area contributed by atoms with Crippen molar-refractivity contribution in [1.29, 1.82) is 0 Å². The zero-order valence-corrected chi connectivity index (χ0v) is 15.8. The van der Waals surface area contributed by atoms with Crippen LogP contribution in [-0.4, -0.2) is 48.3 Å². The monoisotopic (exact) mass is 369 g/mol. The summed E-state index contributed by atoms with van der Waals surface area (Å²) in [5.41, 5.74) is 2.35. The van der Waals surface area contributed by atoms with Crippen LogP contribution in [0, 0.1) is 0 Å². The van der Waals surface area contributed by atoms with E-state index >= 15 is 0 Å². The summed E-state index contributed by atoms with van der Waals surface area (Å²) in [6.07, 6.45) is 5.37. The van der Waals surface area contributed by atoms with Gasteiger partial charge in [-0.1, -0.05) is 30.7 Å². The molecule has 2 heterocycles. The number of amides is 2. The highest BCUT2D eigenvalue weighted by atomic mass is 16.3. The van der Waals surface area contributed by atoms with Gasteiger partial charge in [-0.05, 0) is 49.2 Å². The van der Waals surface area contributed by atoms with Crippen LogP contribution in [0.1, 0.15) is 40.9 Å². The molecule has 0 spiro atoms. The van der Waals surface area contributed by atoms with Crippen molar-refractivity contribution in [3.8, 4) is 0 Å². The summed E-state index contributed by atoms with van der Waals surface area (Å²) in [5.74, 6) is -0.276. The van der Waals surface area contributed by atoms with Crippen LogP contribution < -0.4 is 5.32 Å². The quantitative estimate of drug-likeness (QED) is 0.815. The molecule has 1 aromatic heterocycles. The van der Waals surface area contributed by atoms with E-state index in [0.29, 0.717) is 6.54 Å². The van der Waals surface area contributed by atoms with Gasteiger partial charge < -0.3 is 14.6 Å². The Balaban J connectivity index is 1.42. The van der Waals surface area contributed by atoms with E-state index in [4.69, 9.17) is 4.42 Å². The third kappa shape index (κ3) is 5.69. The van der Waals surface area contributed by atoms with E-state index in [1.165, 1.54) is 49.1 Å². The Hall–Kier alpha value is -2.60. The van der Waals surface area contributed by atoms with Crippen LogP contribution in [0.4, 0.5) is 0 Å². The van der Waals surface area contributed by atoms with Crippen LogP contribution in [0.25, 0.3) is 0 Å². The minimum Gasteiger partial charge on any atom is -0.459 e. The van der Waals surface area contributed by atoms with E-state index in [2.05, 4.69) is 34.5 Å². The van der Waals surface area contributed by atoms with Gasteiger partial charge in [0.1, 0.15) is 0 Å². The number of nitrogens with zero attached hydrogens (tertiary/aromatic N) is 2. The number of rotatable bonds is 7. The molecule has 1 fully saturated rings. The van der Waals surface area contributed by atoms with Crippen molar-refractivity contribution in [2.45, 2.75) is 32.4 Å². The lowest BCUT2D eigenvalue weighted by Gasteiger charge is -2.26. The number of likely N-dealkylation sites (tertiary alicyclic amines) is 1. The normalized spacial score (nSPS) is 14.7. The highest BCUT2D eigenvalue weighted by Gasteiger charge is 2.17. The van der Waals surface area contributed by atoms with Gasteiger partial charge in [-0.25, -0.2) is 0 Å². The van der Waals surface area contributed by atoms with Crippen LogP contribution in [0.5, 0.6) is 0 Å². The Labute approximate surface area is 160 Å². The second-order valence-corrected chi connectivity index (χ2v) is 7.07. The summed E-state index contributed by atoms with van der Waals surface area (Å²) >= 11 is 0. The minimum absolute atomic E-state index is 0.00736. The Morgan fingerprint density at radius 2 is 1.78 bits per heavy atom. The first-order valence-electron chi connectivity index (χ1n) is 9.47. The number of hydrogen-bond donors (Lipinski definition) is 1. The van der Waals surface area contributed by atoms with E-state index < -0.39 is 0 Å². The first kappa shape index (κ1) is 19.2. The van der Waals surface area contributed by atoms with Gasteiger partial charge in [-0.3, -0.25) is 14.5 Å². The number of carbonyl (C=O) groups is 2. The van der Waals surface area contributed by atoms with Crippen molar-refractivity contribution < 1.29 is 14.0 Å². The summed E-state index contributed by atoms with van der Waals surface area (Å²) in [6, 6.07) is 11.6. The predicted octanol–water partition coefficient (Wildman–Crippen LogP) is 2.65. The number of piperidine rings is 1. The summed E-state index contributed by atoms with van der Waals surface area (Å²) in [7, 11) is 1.58. The summed E-state index contributed by atoms with van der Waals surface area (Å²) < 4.78 is 5.07. The Morgan fingerprint density at radius 1 is 1.07 bits per heavy atom. The molecule has 1 N–H and O–H groups in total. The summed E-state index contributed by atoms with van der Waals surface area (Å²) in [5, 5.41) is 2.86. The van der Waals surface area contributed by atoms with Gasteiger partial charge in [0.2, 0.25) is 5.91 Å². The molecule has 2 aromatic rings. The topological polar surface area (TPSA) is 65.8 Å². The molecule has 1 aliphatic rings. The van der Waals surface area contributed by atoms with E-state index in [0.717, 1.165) is 12.1 Å². The van der Waals surface area contributed by atoms with Crippen LogP contribution >= 0.6 is 0 Å². The molecule has 144 valence electrons. The number of furan rings is 1. The zero-order valence-electron chi connectivity index (χ0n) is 15.8. The van der Waals surface area contributed by atoms with Crippen molar-refractivity contribution in [2.24, 2.45) is 0 Å². The predicted molar refractivity (Wildman–Crippen MR) is 103 cm³/mol. The van der Waals surface area contributed by atoms with Crippen molar-refractivity contribution in [2.75, 3.05) is 26.7 Å². The average molecular weight is 369 g/mol. The molecule has 0 bridgehead atoms. The molecule has 1 saturated heterocycles. The standard InChI is InChI=1S/C21H27N3O3/c1-23(21(26)19-6-5-13-27-19)16-20(25)22-14-17-7-9-18(10-8-17)15-24-11-3-2-4-12-24/h5-10,13H,2-4,11-12,14-16H2,1H3,(H,22,25). The van der Waals surface area contributed by atoms with Crippen molar-refractivity contribution >= 4 is 11.8 Å². The molecule has 3 rings (SSSR count). The molecule has 0 unspecified atom stereocenters. The maximum Gasteiger partial charge on any atom is 0.289 e. The van der Waals surface area contributed by atoms with Crippen LogP contribution in [0.3, 0.4) is 0 Å². The van der Waals surface area contributed by atoms with E-state index in [1.807, 2.05) is 0 Å². The third-order valence-corrected chi connectivity index (χ3v) is 4.83. The molecule has 0 aliphatic carbocycles. The van der Waals surface area contributed by atoms with E-state index in [-0.39, 0.29) is 24.1 Å². The van der Waals surface area contributed by atoms with Gasteiger partial charge in [0.25, 0.3) is 5.91 Å². The average Bonchev–Trinajstić information content (AvgIpc) is 3.22. The van der Waals surface area contributed by atoms with E-state index in [9.17, 15) is 9.59 Å². The minimum atomic E-state index is -0.308. The Morgan fingerprint density at radius 3 is 2.44 bits per heavy atom. The lowest BCUT2D eigenvalue weighted by Crippen LogP contribution is -2.38. The number of likely N-dealkylation sites (N-methyl/N-ethyl adjacent to an activating group) is 1. The second kappa shape index (κ2) is 9.37. The lowest BCUT2D eigenvalue weighted by molar-refractivity contribution is -0.121. The molecule has 0 radical (unpaired) electrons. The molecule has 0 atom stereocenters. The maximum absolute atomic E-state index is 12.1. The molecule has 1 aromatic carbocycles. The molecule has 2 amide bonds. The van der Waals surface area contributed by atoms with Crippen LogP contribution in [-0.2, 0) is 17.9 Å². The maximum atomic E-state index is 12.1. The van der Waals surface area contributed by atoms with Gasteiger partial charge in [-0.2, -0.15) is 0 Å². The molecular weight excluding hydrogens is 342 g/mol. The Bertz CT molecular complexity index is 735. The SMILES string of the molecule is CN(CC(=O)NCc1ccc(CN2CCCCC2)cc1)C(=O)c1ccco1. The third-order valence-electron chi connectivity index (χ3n) is 4.83. The molecule has 27 heavy (non-hydrogen) atoms. The number of benzene rings is 1. The van der Waals surface area contributed by atoms with Crippen LogP contribution in [0.2, 0.25) is 0 Å². The zero-order chi connectivity index (χ0) is 19.1. The number of nitrogens with one attached hydrogen (secondary N) is 1. The number of carbonyl (C=O) groups excluding carboxylic acids is 2. The smallest absolute Gasteiger partial charge is 0.289 e. The second-order valence-electron chi connectivity index (χ2n) is 7.07. The van der Waals surface area contributed by atoms with Crippen LogP contribution in [0.15, 0.2) is 47.1 Å². The highest BCUT2D eigenvalue weighted by molar-refractivity contribution is 5.94. The van der Waals surface area contributed by atoms with Gasteiger partial charge in [0.05, 0.1) is 12.8 Å². The van der Waals surface area contributed by atoms with Crippen molar-refractivity contribution in [1.82, 2.24) is 15.1 Å². The fourth-order valence-corrected chi connectivity index (χ4v) is 3.27. The fourth-order valence-electron chi connectivity index (χ4n) is 3.27. The molecule has 6 nitrogen and oxygen atoms in total. The van der Waals surface area contributed by atoms with Crippen molar-refractivity contribution in [3.63, 3.8) is 0 Å². The first-order chi connectivity index (χ1) is 13.1. The van der Waals surface area contributed by atoms with Gasteiger partial charge in [0.15, 0.2) is 5.76 Å². The van der Waals surface area contributed by atoms with Gasteiger partial charge in [0, 0.05) is 20.1 Å². The highest BCUT2D eigenvalue weighted by Crippen LogP contribution is 2.13. The summed E-state index contributed by atoms with van der Waals surface area (Å²) in [4.78, 5) is 28.0. The lowest BCUT2D eigenvalue weighted by atomic mass is 10.1. The number of hydrogen-bond acceptors (Lipinski definition) is 4. The van der Waals surface area contributed by atoms with Crippen molar-refractivity contribution in [3.05, 3.63) is 59.5 Å². The van der Waals surface area contributed by atoms with Gasteiger partial charge in [-0.15, -0.1) is 0 Å². The molecule has 1 aliphatic heterocycles. The van der Waals surface area contributed by atoms with E-state index in [1.54, 1.807) is 19.2 Å². The summed E-state index contributed by atoms with van der Waals surface area (Å²) in [6.45, 7) is 3.80. The molecule has 6 heteroatoms.